The molecule has 0 aliphatic carbocycles. The van der Waals surface area contributed by atoms with Crippen molar-refractivity contribution in [2.24, 2.45) is 0 Å². The molecule has 0 aromatic carbocycles. The van der Waals surface area contributed by atoms with Gasteiger partial charge in [-0.05, 0) is 7.05 Å². The van der Waals surface area contributed by atoms with Crippen LogP contribution in [0.25, 0.3) is 0 Å². The molecule has 2 N–H and O–H groups in total. The highest BCUT2D eigenvalue weighted by Crippen LogP contribution is 2.08. The maximum Gasteiger partial charge on any atom is 0.246 e. The summed E-state index contributed by atoms with van der Waals surface area (Å²) in [7, 11) is 1.83. The number of anilines is 1. The first-order chi connectivity index (χ1) is 8.19. The van der Waals surface area contributed by atoms with E-state index >= 15 is 0 Å². The second-order valence-electron chi connectivity index (χ2n) is 3.75. The van der Waals surface area contributed by atoms with Crippen molar-refractivity contribution in [1.82, 2.24) is 20.6 Å². The summed E-state index contributed by atoms with van der Waals surface area (Å²) in [6.45, 7) is 0.897. The zero-order valence-electron chi connectivity index (χ0n) is 9.43. The molecule has 0 spiro atoms. The number of imide groups is 1. The predicted molar refractivity (Wildman–Crippen MR) is 60.2 cm³/mol. The van der Waals surface area contributed by atoms with Crippen molar-refractivity contribution in [2.45, 2.75) is 6.54 Å². The van der Waals surface area contributed by atoms with Gasteiger partial charge in [-0.2, -0.15) is 0 Å². The molecule has 7 heteroatoms. The lowest BCUT2D eigenvalue weighted by molar-refractivity contribution is -0.130. The van der Waals surface area contributed by atoms with Crippen molar-refractivity contribution in [3.63, 3.8) is 0 Å². The maximum atomic E-state index is 11.2. The van der Waals surface area contributed by atoms with E-state index in [9.17, 15) is 9.59 Å². The topological polar surface area (TPSA) is 87.2 Å². The molecule has 0 unspecified atom stereocenters. The van der Waals surface area contributed by atoms with Crippen molar-refractivity contribution < 1.29 is 9.59 Å². The maximum absolute atomic E-state index is 11.2. The highest BCUT2D eigenvalue weighted by molar-refractivity contribution is 6.02. The SMILES string of the molecule is CNCc1cnc(N2CC(=O)NC(=O)C2)nc1. The molecular formula is C10H13N5O2. The summed E-state index contributed by atoms with van der Waals surface area (Å²) >= 11 is 0. The van der Waals surface area contributed by atoms with E-state index in [-0.39, 0.29) is 24.9 Å². The standard InChI is InChI=1S/C10H13N5O2/c1-11-2-7-3-12-10(13-4-7)15-5-8(16)14-9(17)6-15/h3-4,11H,2,5-6H2,1H3,(H,14,16,17). The van der Waals surface area contributed by atoms with E-state index in [0.29, 0.717) is 12.5 Å². The van der Waals surface area contributed by atoms with Gasteiger partial charge in [0.25, 0.3) is 0 Å². The van der Waals surface area contributed by atoms with Crippen LogP contribution < -0.4 is 15.5 Å². The Kier molecular flexibility index (Phi) is 3.29. The lowest BCUT2D eigenvalue weighted by Gasteiger charge is -2.25. The quantitative estimate of drug-likeness (QED) is 0.630. The molecule has 0 atom stereocenters. The van der Waals surface area contributed by atoms with Gasteiger partial charge in [-0.15, -0.1) is 0 Å². The van der Waals surface area contributed by atoms with Crippen LogP contribution in [0, 0.1) is 0 Å². The van der Waals surface area contributed by atoms with Gasteiger partial charge in [0.1, 0.15) is 13.1 Å². The van der Waals surface area contributed by atoms with Gasteiger partial charge in [-0.25, -0.2) is 9.97 Å². The van der Waals surface area contributed by atoms with Gasteiger partial charge >= 0.3 is 0 Å². The Morgan fingerprint density at radius 3 is 2.41 bits per heavy atom. The first kappa shape index (κ1) is 11.5. The minimum atomic E-state index is -0.329. The van der Waals surface area contributed by atoms with E-state index in [2.05, 4.69) is 20.6 Å². The number of nitrogens with one attached hydrogen (secondary N) is 2. The lowest BCUT2D eigenvalue weighted by atomic mass is 10.3. The van der Waals surface area contributed by atoms with Gasteiger partial charge in [0.05, 0.1) is 0 Å². The van der Waals surface area contributed by atoms with Gasteiger partial charge in [-0.3, -0.25) is 14.9 Å². The largest absolute Gasteiger partial charge is 0.322 e. The number of amides is 2. The van der Waals surface area contributed by atoms with E-state index in [1.165, 1.54) is 0 Å². The second-order valence-corrected chi connectivity index (χ2v) is 3.75. The predicted octanol–water partition coefficient (Wildman–Crippen LogP) is -1.34. The number of carbonyl (C=O) groups is 2. The van der Waals surface area contributed by atoms with Gasteiger partial charge < -0.3 is 10.2 Å². The summed E-state index contributed by atoms with van der Waals surface area (Å²) in [6.07, 6.45) is 3.35. The molecule has 90 valence electrons. The number of aromatic nitrogens is 2. The van der Waals surface area contributed by atoms with Gasteiger partial charge in [0.15, 0.2) is 0 Å². The van der Waals surface area contributed by atoms with E-state index < -0.39 is 0 Å². The lowest BCUT2D eigenvalue weighted by Crippen LogP contribution is -2.52. The molecule has 1 aromatic heterocycles. The molecule has 2 rings (SSSR count). The molecule has 1 fully saturated rings. The average Bonchev–Trinajstić information content (AvgIpc) is 2.29. The molecule has 2 amide bonds. The van der Waals surface area contributed by atoms with Crippen LogP contribution in [-0.4, -0.2) is 41.9 Å². The normalized spacial score (nSPS) is 15.9. The first-order valence-electron chi connectivity index (χ1n) is 5.22. The summed E-state index contributed by atoms with van der Waals surface area (Å²) in [5.41, 5.74) is 0.948. The van der Waals surface area contributed by atoms with Crippen molar-refractivity contribution in [3.05, 3.63) is 18.0 Å². The first-order valence-corrected chi connectivity index (χ1v) is 5.22. The monoisotopic (exact) mass is 235 g/mol. The van der Waals surface area contributed by atoms with Crippen LogP contribution in [0.4, 0.5) is 5.95 Å². The zero-order chi connectivity index (χ0) is 12.3. The summed E-state index contributed by atoms with van der Waals surface area (Å²) in [4.78, 5) is 32.2. The van der Waals surface area contributed by atoms with Crippen LogP contribution >= 0.6 is 0 Å². The van der Waals surface area contributed by atoms with Crippen LogP contribution in [0.3, 0.4) is 0 Å². The molecular weight excluding hydrogens is 222 g/mol. The fourth-order valence-corrected chi connectivity index (χ4v) is 1.59. The van der Waals surface area contributed by atoms with Crippen LogP contribution in [0.1, 0.15) is 5.56 Å². The Labute approximate surface area is 98.2 Å². The minimum Gasteiger partial charge on any atom is -0.322 e. The van der Waals surface area contributed by atoms with Crippen LogP contribution in [0.5, 0.6) is 0 Å². The Bertz CT molecular complexity index is 415. The highest BCUT2D eigenvalue weighted by atomic mass is 16.2. The Hall–Kier alpha value is -2.02. The molecule has 2 heterocycles. The Morgan fingerprint density at radius 2 is 1.88 bits per heavy atom. The average molecular weight is 235 g/mol. The second kappa shape index (κ2) is 4.88. The van der Waals surface area contributed by atoms with Crippen molar-refractivity contribution in [1.29, 1.82) is 0 Å². The van der Waals surface area contributed by atoms with E-state index in [0.717, 1.165) is 5.56 Å². The summed E-state index contributed by atoms with van der Waals surface area (Å²) in [5, 5.41) is 5.21. The van der Waals surface area contributed by atoms with Gasteiger partial charge in [-0.1, -0.05) is 0 Å². The third kappa shape index (κ3) is 2.76. The van der Waals surface area contributed by atoms with Crippen molar-refractivity contribution in [2.75, 3.05) is 25.0 Å². The number of carbonyl (C=O) groups excluding carboxylic acids is 2. The Balaban J connectivity index is 2.11. The van der Waals surface area contributed by atoms with Gasteiger partial charge in [0.2, 0.25) is 17.8 Å². The number of hydrogen-bond donors (Lipinski definition) is 2. The molecule has 0 bridgehead atoms. The summed E-state index contributed by atoms with van der Waals surface area (Å²) in [5.74, 6) is -0.263. The number of nitrogens with zero attached hydrogens (tertiary/aromatic N) is 3. The molecule has 17 heavy (non-hydrogen) atoms. The molecule has 1 aliphatic heterocycles. The summed E-state index contributed by atoms with van der Waals surface area (Å²) in [6, 6.07) is 0. The highest BCUT2D eigenvalue weighted by Gasteiger charge is 2.24. The molecule has 1 aliphatic rings. The fourth-order valence-electron chi connectivity index (χ4n) is 1.59. The van der Waals surface area contributed by atoms with Crippen molar-refractivity contribution >= 4 is 17.8 Å². The Morgan fingerprint density at radius 1 is 1.29 bits per heavy atom. The molecule has 1 aromatic rings. The third-order valence-electron chi connectivity index (χ3n) is 2.30. The van der Waals surface area contributed by atoms with Gasteiger partial charge in [0, 0.05) is 24.5 Å². The fraction of sp³-hybridized carbons (Fsp3) is 0.400. The van der Waals surface area contributed by atoms with E-state index in [1.807, 2.05) is 7.05 Å². The molecule has 0 radical (unpaired) electrons. The smallest absolute Gasteiger partial charge is 0.246 e. The third-order valence-corrected chi connectivity index (χ3v) is 2.30. The van der Waals surface area contributed by atoms with E-state index in [1.54, 1.807) is 17.3 Å². The summed E-state index contributed by atoms with van der Waals surface area (Å²) < 4.78 is 0. The zero-order valence-corrected chi connectivity index (χ0v) is 9.43. The molecule has 7 nitrogen and oxygen atoms in total. The van der Waals surface area contributed by atoms with Crippen LogP contribution in [0.2, 0.25) is 0 Å². The molecule has 0 saturated carbocycles. The van der Waals surface area contributed by atoms with E-state index in [4.69, 9.17) is 0 Å². The number of rotatable bonds is 3. The number of piperazine rings is 1. The number of hydrogen-bond acceptors (Lipinski definition) is 6. The minimum absolute atomic E-state index is 0.108. The van der Waals surface area contributed by atoms with Crippen LogP contribution in [0.15, 0.2) is 12.4 Å². The molecule has 1 saturated heterocycles. The van der Waals surface area contributed by atoms with Crippen molar-refractivity contribution in [3.8, 4) is 0 Å². The van der Waals surface area contributed by atoms with Crippen LogP contribution in [-0.2, 0) is 16.1 Å².